The van der Waals surface area contributed by atoms with Crippen LogP contribution in [0.5, 0.6) is 0 Å². The second-order valence-electron chi connectivity index (χ2n) is 5.95. The van der Waals surface area contributed by atoms with Crippen LogP contribution in [0.15, 0.2) is 45.8 Å². The van der Waals surface area contributed by atoms with Gasteiger partial charge in [-0.1, -0.05) is 23.4 Å². The lowest BCUT2D eigenvalue weighted by Crippen LogP contribution is -2.13. The first-order chi connectivity index (χ1) is 11.7. The number of aryl methyl sites for hydroxylation is 3. The van der Waals surface area contributed by atoms with Crippen molar-refractivity contribution in [3.8, 4) is 22.4 Å². The number of nitrogens with two attached hydrogens (primary N) is 1. The number of rotatable bonds is 3. The molecular formula is C18H17FN2O3S. The van der Waals surface area contributed by atoms with E-state index in [0.717, 1.165) is 28.8 Å². The van der Waals surface area contributed by atoms with Gasteiger partial charge in [0, 0.05) is 5.56 Å². The van der Waals surface area contributed by atoms with Crippen molar-refractivity contribution in [2.75, 3.05) is 0 Å². The number of hydrogen-bond acceptors (Lipinski definition) is 4. The minimum absolute atomic E-state index is 0.469. The molecule has 0 fully saturated rings. The van der Waals surface area contributed by atoms with Gasteiger partial charge in [0.1, 0.15) is 22.2 Å². The van der Waals surface area contributed by atoms with E-state index in [1.54, 1.807) is 6.92 Å². The summed E-state index contributed by atoms with van der Waals surface area (Å²) in [6.07, 6.45) is 0. The standard InChI is InChI=1S/C18H17FN2O3S/c1-10-4-5-14(8-11(10)2)18-17(12(3)24-21-18)13-6-7-16(15(19)9-13)25(20,22)23/h4-9H,1-3H3,(H2,20,22,23). The van der Waals surface area contributed by atoms with Crippen LogP contribution in [0, 0.1) is 26.6 Å². The van der Waals surface area contributed by atoms with Crippen LogP contribution in [0.1, 0.15) is 16.9 Å². The molecule has 2 N–H and O–H groups in total. The smallest absolute Gasteiger partial charge is 0.240 e. The molecule has 0 saturated heterocycles. The maximum absolute atomic E-state index is 14.2. The Morgan fingerprint density at radius 3 is 2.28 bits per heavy atom. The highest BCUT2D eigenvalue weighted by atomic mass is 32.2. The largest absolute Gasteiger partial charge is 0.360 e. The molecular weight excluding hydrogens is 343 g/mol. The first kappa shape index (κ1) is 17.3. The van der Waals surface area contributed by atoms with Crippen molar-refractivity contribution in [3.63, 3.8) is 0 Å². The third-order valence-corrected chi connectivity index (χ3v) is 5.11. The van der Waals surface area contributed by atoms with Gasteiger partial charge in [-0.15, -0.1) is 0 Å². The van der Waals surface area contributed by atoms with E-state index >= 15 is 0 Å². The van der Waals surface area contributed by atoms with Gasteiger partial charge in [0.25, 0.3) is 0 Å². The topological polar surface area (TPSA) is 86.2 Å². The number of benzene rings is 2. The van der Waals surface area contributed by atoms with Crippen molar-refractivity contribution >= 4 is 10.0 Å². The summed E-state index contributed by atoms with van der Waals surface area (Å²) in [4.78, 5) is -0.543. The van der Waals surface area contributed by atoms with E-state index in [9.17, 15) is 12.8 Å². The molecule has 0 bridgehead atoms. The van der Waals surface area contributed by atoms with Crippen LogP contribution in [0.4, 0.5) is 4.39 Å². The first-order valence-corrected chi connectivity index (χ1v) is 9.09. The van der Waals surface area contributed by atoms with Gasteiger partial charge in [-0.05, 0) is 55.7 Å². The highest BCUT2D eigenvalue weighted by Gasteiger charge is 2.20. The molecule has 0 amide bonds. The number of hydrogen-bond donors (Lipinski definition) is 1. The molecule has 0 unspecified atom stereocenters. The summed E-state index contributed by atoms with van der Waals surface area (Å²) in [6.45, 7) is 5.72. The summed E-state index contributed by atoms with van der Waals surface area (Å²) in [5.74, 6) is -0.400. The zero-order chi connectivity index (χ0) is 18.4. The Morgan fingerprint density at radius 1 is 1.00 bits per heavy atom. The maximum Gasteiger partial charge on any atom is 0.240 e. The Morgan fingerprint density at radius 2 is 1.68 bits per heavy atom. The number of halogens is 1. The number of aromatic nitrogens is 1. The Labute approximate surface area is 145 Å². The van der Waals surface area contributed by atoms with Crippen molar-refractivity contribution in [2.24, 2.45) is 5.14 Å². The fourth-order valence-corrected chi connectivity index (χ4v) is 3.27. The summed E-state index contributed by atoms with van der Waals surface area (Å²) in [6, 6.07) is 9.64. The molecule has 0 aliphatic heterocycles. The second-order valence-corrected chi connectivity index (χ2v) is 7.48. The minimum Gasteiger partial charge on any atom is -0.360 e. The zero-order valence-corrected chi connectivity index (χ0v) is 14.8. The summed E-state index contributed by atoms with van der Waals surface area (Å²) in [5.41, 5.74) is 4.74. The molecule has 3 aromatic rings. The average molecular weight is 360 g/mol. The van der Waals surface area contributed by atoms with Crippen molar-refractivity contribution in [2.45, 2.75) is 25.7 Å². The van der Waals surface area contributed by atoms with Gasteiger partial charge in [-0.3, -0.25) is 0 Å². The van der Waals surface area contributed by atoms with Gasteiger partial charge >= 0.3 is 0 Å². The van der Waals surface area contributed by atoms with Crippen LogP contribution in [-0.2, 0) is 10.0 Å². The average Bonchev–Trinajstić information content (AvgIpc) is 2.90. The lowest BCUT2D eigenvalue weighted by Gasteiger charge is -2.07. The van der Waals surface area contributed by atoms with Gasteiger partial charge in [0.2, 0.25) is 10.0 Å². The van der Waals surface area contributed by atoms with Crippen LogP contribution in [0.3, 0.4) is 0 Å². The lowest BCUT2D eigenvalue weighted by molar-refractivity contribution is 0.400. The molecule has 1 heterocycles. The molecule has 0 saturated carbocycles. The molecule has 3 rings (SSSR count). The molecule has 0 radical (unpaired) electrons. The highest BCUT2D eigenvalue weighted by molar-refractivity contribution is 7.89. The minimum atomic E-state index is -4.12. The maximum atomic E-state index is 14.2. The van der Waals surface area contributed by atoms with E-state index in [1.807, 2.05) is 32.0 Å². The molecule has 25 heavy (non-hydrogen) atoms. The van der Waals surface area contributed by atoms with Crippen molar-refractivity contribution in [1.29, 1.82) is 0 Å². The quantitative estimate of drug-likeness (QED) is 0.771. The SMILES string of the molecule is Cc1ccc(-c2noc(C)c2-c2ccc(S(N)(=O)=O)c(F)c2)cc1C. The van der Waals surface area contributed by atoms with Crippen LogP contribution in [-0.4, -0.2) is 13.6 Å². The fourth-order valence-electron chi connectivity index (χ4n) is 2.68. The first-order valence-electron chi connectivity index (χ1n) is 7.55. The Kier molecular flexibility index (Phi) is 4.22. The lowest BCUT2D eigenvalue weighted by atomic mass is 9.97. The summed E-state index contributed by atoms with van der Waals surface area (Å²) < 4.78 is 42.3. The second kappa shape index (κ2) is 6.09. The predicted molar refractivity (Wildman–Crippen MR) is 92.9 cm³/mol. The van der Waals surface area contributed by atoms with Crippen LogP contribution < -0.4 is 5.14 Å². The zero-order valence-electron chi connectivity index (χ0n) is 14.0. The van der Waals surface area contributed by atoms with E-state index in [2.05, 4.69) is 5.16 Å². The summed E-state index contributed by atoms with van der Waals surface area (Å²) >= 11 is 0. The normalized spacial score (nSPS) is 11.7. The van der Waals surface area contributed by atoms with Crippen LogP contribution in [0.25, 0.3) is 22.4 Å². The Bertz CT molecular complexity index is 1070. The van der Waals surface area contributed by atoms with E-state index in [0.29, 0.717) is 22.6 Å². The molecule has 0 spiro atoms. The van der Waals surface area contributed by atoms with Crippen molar-refractivity contribution in [1.82, 2.24) is 5.16 Å². The number of sulfonamides is 1. The molecule has 7 heteroatoms. The monoisotopic (exact) mass is 360 g/mol. The number of primary sulfonamides is 1. The molecule has 2 aromatic carbocycles. The molecule has 130 valence electrons. The van der Waals surface area contributed by atoms with Crippen molar-refractivity contribution < 1.29 is 17.3 Å². The van der Waals surface area contributed by atoms with Crippen LogP contribution >= 0.6 is 0 Å². The van der Waals surface area contributed by atoms with E-state index in [1.165, 1.54) is 6.07 Å². The Balaban J connectivity index is 2.17. The fraction of sp³-hybridized carbons (Fsp3) is 0.167. The highest BCUT2D eigenvalue weighted by Crippen LogP contribution is 2.35. The predicted octanol–water partition coefficient (Wildman–Crippen LogP) is 3.72. The third kappa shape index (κ3) is 3.20. The molecule has 0 aliphatic rings. The van der Waals surface area contributed by atoms with Gasteiger partial charge in [-0.25, -0.2) is 17.9 Å². The Hall–Kier alpha value is -2.51. The molecule has 0 atom stereocenters. The number of nitrogens with zero attached hydrogens (tertiary/aromatic N) is 1. The van der Waals surface area contributed by atoms with Gasteiger partial charge in [-0.2, -0.15) is 0 Å². The van der Waals surface area contributed by atoms with Gasteiger partial charge < -0.3 is 4.52 Å². The molecule has 5 nitrogen and oxygen atoms in total. The van der Waals surface area contributed by atoms with Gasteiger partial charge in [0.05, 0.1) is 5.56 Å². The van der Waals surface area contributed by atoms with E-state index in [-0.39, 0.29) is 0 Å². The summed E-state index contributed by atoms with van der Waals surface area (Å²) in [5, 5.41) is 9.10. The van der Waals surface area contributed by atoms with E-state index in [4.69, 9.17) is 9.66 Å². The van der Waals surface area contributed by atoms with Gasteiger partial charge in [0.15, 0.2) is 0 Å². The summed E-state index contributed by atoms with van der Waals surface area (Å²) in [7, 11) is -4.12. The third-order valence-electron chi connectivity index (χ3n) is 4.17. The molecule has 1 aromatic heterocycles. The van der Waals surface area contributed by atoms with Crippen molar-refractivity contribution in [3.05, 3.63) is 59.1 Å². The van der Waals surface area contributed by atoms with Crippen LogP contribution in [0.2, 0.25) is 0 Å². The van der Waals surface area contributed by atoms with E-state index < -0.39 is 20.7 Å². The molecule has 0 aliphatic carbocycles.